The van der Waals surface area contributed by atoms with Gasteiger partial charge in [0.25, 0.3) is 5.91 Å². The molecule has 0 fully saturated rings. The van der Waals surface area contributed by atoms with Crippen LogP contribution in [0, 0.1) is 0 Å². The van der Waals surface area contributed by atoms with E-state index in [1.807, 2.05) is 30.3 Å². The Kier molecular flexibility index (Phi) is 6.73. The number of hydrogen-bond donors (Lipinski definition) is 0. The highest BCUT2D eigenvalue weighted by atomic mass is 32.2. The monoisotopic (exact) mass is 361 g/mol. The fourth-order valence-corrected chi connectivity index (χ4v) is 3.28. The molecule has 0 heterocycles. The molecule has 0 bridgehead atoms. The Morgan fingerprint density at radius 3 is 2.20 bits per heavy atom. The van der Waals surface area contributed by atoms with E-state index in [1.54, 1.807) is 36.3 Å². The van der Waals surface area contributed by atoms with Crippen molar-refractivity contribution in [2.75, 3.05) is 26.5 Å². The van der Waals surface area contributed by atoms with Crippen LogP contribution in [-0.2, 0) is 26.9 Å². The molecule has 2 aromatic carbocycles. The summed E-state index contributed by atoms with van der Waals surface area (Å²) in [6.45, 7) is 1.42. The maximum Gasteiger partial charge on any atom is 0.254 e. The second-order valence-corrected chi connectivity index (χ2v) is 8.11. The third kappa shape index (κ3) is 6.32. The molecular formula is C19H23NO4S. The summed E-state index contributed by atoms with van der Waals surface area (Å²) >= 11 is 0. The van der Waals surface area contributed by atoms with Crippen molar-refractivity contribution in [1.82, 2.24) is 4.90 Å². The van der Waals surface area contributed by atoms with E-state index in [9.17, 15) is 13.2 Å². The molecule has 0 N–H and O–H groups in total. The zero-order chi connectivity index (χ0) is 18.3. The van der Waals surface area contributed by atoms with Gasteiger partial charge >= 0.3 is 0 Å². The highest BCUT2D eigenvalue weighted by Crippen LogP contribution is 2.13. The number of hydrogen-bond acceptors (Lipinski definition) is 4. The van der Waals surface area contributed by atoms with E-state index >= 15 is 0 Å². The maximum absolute atomic E-state index is 12.8. The Balaban J connectivity index is 2.14. The number of nitrogens with zero attached hydrogens (tertiary/aromatic N) is 1. The first kappa shape index (κ1) is 19.1. The number of methoxy groups -OCH3 is 1. The number of sulfone groups is 1. The van der Waals surface area contributed by atoms with Crippen molar-refractivity contribution in [2.24, 2.45) is 0 Å². The van der Waals surface area contributed by atoms with Crippen molar-refractivity contribution in [3.05, 3.63) is 71.3 Å². The van der Waals surface area contributed by atoms with Crippen molar-refractivity contribution < 1.29 is 17.9 Å². The van der Waals surface area contributed by atoms with Crippen LogP contribution in [0.3, 0.4) is 0 Å². The average Bonchev–Trinajstić information content (AvgIpc) is 2.58. The molecular weight excluding hydrogens is 338 g/mol. The molecule has 1 amide bonds. The van der Waals surface area contributed by atoms with Crippen LogP contribution in [0.2, 0.25) is 0 Å². The molecule has 2 aromatic rings. The highest BCUT2D eigenvalue weighted by Gasteiger charge is 2.16. The van der Waals surface area contributed by atoms with Crippen molar-refractivity contribution in [3.8, 4) is 0 Å². The van der Waals surface area contributed by atoms with Crippen LogP contribution in [0.4, 0.5) is 0 Å². The first-order valence-electron chi connectivity index (χ1n) is 7.98. The Bertz CT molecular complexity index is 786. The second-order valence-electron chi connectivity index (χ2n) is 5.97. The van der Waals surface area contributed by atoms with E-state index in [4.69, 9.17) is 4.74 Å². The first-order valence-corrected chi connectivity index (χ1v) is 10.0. The van der Waals surface area contributed by atoms with Gasteiger partial charge < -0.3 is 9.64 Å². The van der Waals surface area contributed by atoms with Gasteiger partial charge in [-0.15, -0.1) is 0 Å². The summed E-state index contributed by atoms with van der Waals surface area (Å²) in [5.41, 5.74) is 2.25. The Hall–Kier alpha value is -2.18. The van der Waals surface area contributed by atoms with Gasteiger partial charge in [0, 0.05) is 32.0 Å². The Labute approximate surface area is 149 Å². The van der Waals surface area contributed by atoms with Gasteiger partial charge in [0.05, 0.1) is 12.4 Å². The maximum atomic E-state index is 12.8. The van der Waals surface area contributed by atoms with Gasteiger partial charge in [-0.2, -0.15) is 0 Å². The van der Waals surface area contributed by atoms with Crippen molar-refractivity contribution >= 4 is 15.7 Å². The molecule has 0 spiro atoms. The van der Waals surface area contributed by atoms with Crippen LogP contribution < -0.4 is 0 Å². The third-order valence-electron chi connectivity index (χ3n) is 3.70. The molecule has 0 saturated carbocycles. The molecule has 0 saturated heterocycles. The zero-order valence-corrected chi connectivity index (χ0v) is 15.3. The summed E-state index contributed by atoms with van der Waals surface area (Å²) in [5, 5.41) is 0. The van der Waals surface area contributed by atoms with E-state index in [2.05, 4.69) is 0 Å². The molecule has 0 unspecified atom stereocenters. The smallest absolute Gasteiger partial charge is 0.254 e. The van der Waals surface area contributed by atoms with E-state index in [0.29, 0.717) is 30.8 Å². The predicted octanol–water partition coefficient (Wildman–Crippen LogP) is 2.52. The lowest BCUT2D eigenvalue weighted by Gasteiger charge is -2.23. The van der Waals surface area contributed by atoms with E-state index in [-0.39, 0.29) is 11.7 Å². The molecule has 134 valence electrons. The van der Waals surface area contributed by atoms with Gasteiger partial charge in [-0.25, -0.2) is 8.42 Å². The zero-order valence-electron chi connectivity index (χ0n) is 14.5. The molecule has 0 radical (unpaired) electrons. The summed E-state index contributed by atoms with van der Waals surface area (Å²) in [5.74, 6) is -0.134. The summed E-state index contributed by atoms with van der Waals surface area (Å²) in [4.78, 5) is 14.5. The number of benzene rings is 2. The molecule has 0 aromatic heterocycles. The van der Waals surface area contributed by atoms with Gasteiger partial charge in [-0.05, 0) is 23.3 Å². The van der Waals surface area contributed by atoms with Crippen molar-refractivity contribution in [3.63, 3.8) is 0 Å². The number of rotatable bonds is 8. The minimum Gasteiger partial charge on any atom is -0.383 e. The first-order chi connectivity index (χ1) is 11.9. The van der Waals surface area contributed by atoms with Gasteiger partial charge in [0.2, 0.25) is 0 Å². The third-order valence-corrected chi connectivity index (χ3v) is 4.56. The molecule has 5 nitrogen and oxygen atoms in total. The van der Waals surface area contributed by atoms with Gasteiger partial charge in [-0.1, -0.05) is 42.5 Å². The Morgan fingerprint density at radius 1 is 1.00 bits per heavy atom. The second kappa shape index (κ2) is 8.78. The van der Waals surface area contributed by atoms with Crippen LogP contribution in [0.5, 0.6) is 0 Å². The SMILES string of the molecule is COCCN(Cc1ccccc1)C(=O)c1ccc(CS(C)(=O)=O)cc1. The fraction of sp³-hybridized carbons (Fsp3) is 0.316. The molecule has 0 aliphatic carbocycles. The number of ether oxygens (including phenoxy) is 1. The number of amides is 1. The molecule has 0 aliphatic heterocycles. The van der Waals surface area contributed by atoms with Crippen LogP contribution in [0.1, 0.15) is 21.5 Å². The summed E-state index contributed by atoms with van der Waals surface area (Å²) in [7, 11) is -1.49. The summed E-state index contributed by atoms with van der Waals surface area (Å²) in [6, 6.07) is 16.5. The molecule has 6 heteroatoms. The lowest BCUT2D eigenvalue weighted by molar-refractivity contribution is 0.0680. The van der Waals surface area contributed by atoms with Gasteiger partial charge in [-0.3, -0.25) is 4.79 Å². The molecule has 25 heavy (non-hydrogen) atoms. The van der Waals surface area contributed by atoms with Crippen molar-refractivity contribution in [2.45, 2.75) is 12.3 Å². The standard InChI is InChI=1S/C19H23NO4S/c1-24-13-12-20(14-16-6-4-3-5-7-16)19(21)18-10-8-17(9-11-18)15-25(2,22)23/h3-11H,12-15H2,1-2H3. The summed E-state index contributed by atoms with van der Waals surface area (Å²) < 4.78 is 27.8. The Morgan fingerprint density at radius 2 is 1.64 bits per heavy atom. The van der Waals surface area contributed by atoms with E-state index in [0.717, 1.165) is 5.56 Å². The summed E-state index contributed by atoms with van der Waals surface area (Å²) in [6.07, 6.45) is 1.19. The topological polar surface area (TPSA) is 63.7 Å². The minimum absolute atomic E-state index is 0.0289. The minimum atomic E-state index is -3.09. The van der Waals surface area contributed by atoms with Gasteiger partial charge in [0.1, 0.15) is 0 Å². The van der Waals surface area contributed by atoms with Gasteiger partial charge in [0.15, 0.2) is 9.84 Å². The predicted molar refractivity (Wildman–Crippen MR) is 98.0 cm³/mol. The van der Waals surface area contributed by atoms with Crippen LogP contribution in [-0.4, -0.2) is 45.7 Å². The van der Waals surface area contributed by atoms with Crippen LogP contribution in [0.25, 0.3) is 0 Å². The lowest BCUT2D eigenvalue weighted by Crippen LogP contribution is -2.33. The molecule has 2 rings (SSSR count). The van der Waals surface area contributed by atoms with Crippen LogP contribution >= 0.6 is 0 Å². The normalized spacial score (nSPS) is 11.3. The lowest BCUT2D eigenvalue weighted by atomic mass is 10.1. The highest BCUT2D eigenvalue weighted by molar-refractivity contribution is 7.89. The van der Waals surface area contributed by atoms with Crippen molar-refractivity contribution in [1.29, 1.82) is 0 Å². The average molecular weight is 361 g/mol. The number of carbonyl (C=O) groups is 1. The largest absolute Gasteiger partial charge is 0.383 e. The number of carbonyl (C=O) groups excluding carboxylic acids is 1. The quantitative estimate of drug-likeness (QED) is 0.725. The van der Waals surface area contributed by atoms with E-state index in [1.165, 1.54) is 6.26 Å². The molecule has 0 aliphatic rings. The molecule has 0 atom stereocenters. The fourth-order valence-electron chi connectivity index (χ4n) is 2.49. The van der Waals surface area contributed by atoms with Crippen LogP contribution in [0.15, 0.2) is 54.6 Å². The van der Waals surface area contributed by atoms with E-state index < -0.39 is 9.84 Å².